The lowest BCUT2D eigenvalue weighted by molar-refractivity contribution is 0.154. The molecule has 13 heavy (non-hydrogen) atoms. The largest absolute Gasteiger partial charge is 0.332 e. The summed E-state index contributed by atoms with van der Waals surface area (Å²) in [5.74, 6) is 0. The SMILES string of the molecule is CCCOP(OCCC)OC1CC1. The molecule has 0 radical (unpaired) electrons. The lowest BCUT2D eigenvalue weighted by atomic mass is 10.5. The Kier molecular flexibility index (Phi) is 5.88. The molecule has 0 unspecified atom stereocenters. The van der Waals surface area contributed by atoms with Gasteiger partial charge in [0, 0.05) is 0 Å². The van der Waals surface area contributed by atoms with Crippen molar-refractivity contribution in [3.05, 3.63) is 0 Å². The number of rotatable bonds is 8. The van der Waals surface area contributed by atoms with E-state index in [1.54, 1.807) is 0 Å². The van der Waals surface area contributed by atoms with Crippen LogP contribution in [0.2, 0.25) is 0 Å². The lowest BCUT2D eigenvalue weighted by Crippen LogP contribution is -1.98. The third-order valence-corrected chi connectivity index (χ3v) is 2.82. The molecule has 0 spiro atoms. The van der Waals surface area contributed by atoms with Crippen LogP contribution in [-0.4, -0.2) is 19.3 Å². The summed E-state index contributed by atoms with van der Waals surface area (Å²) in [7, 11) is -1.05. The van der Waals surface area contributed by atoms with Gasteiger partial charge >= 0.3 is 8.60 Å². The second-order valence-corrected chi connectivity index (χ2v) is 4.37. The highest BCUT2D eigenvalue weighted by Crippen LogP contribution is 2.46. The van der Waals surface area contributed by atoms with Gasteiger partial charge in [0.25, 0.3) is 0 Å². The first kappa shape index (κ1) is 11.4. The van der Waals surface area contributed by atoms with Gasteiger partial charge in [-0.05, 0) is 25.7 Å². The molecule has 0 aromatic heterocycles. The van der Waals surface area contributed by atoms with E-state index in [2.05, 4.69) is 13.8 Å². The highest BCUT2D eigenvalue weighted by Gasteiger charge is 2.28. The van der Waals surface area contributed by atoms with Crippen LogP contribution in [0.5, 0.6) is 0 Å². The van der Waals surface area contributed by atoms with E-state index in [1.165, 1.54) is 12.8 Å². The molecule has 1 saturated carbocycles. The van der Waals surface area contributed by atoms with Gasteiger partial charge in [-0.25, -0.2) is 0 Å². The monoisotopic (exact) mass is 206 g/mol. The zero-order valence-corrected chi connectivity index (χ0v) is 9.39. The minimum Gasteiger partial charge on any atom is -0.312 e. The van der Waals surface area contributed by atoms with Crippen LogP contribution < -0.4 is 0 Å². The molecular weight excluding hydrogens is 187 g/mol. The topological polar surface area (TPSA) is 27.7 Å². The Balaban J connectivity index is 2.08. The van der Waals surface area contributed by atoms with Gasteiger partial charge in [-0.1, -0.05) is 13.8 Å². The van der Waals surface area contributed by atoms with Crippen LogP contribution in [0.25, 0.3) is 0 Å². The zero-order chi connectivity index (χ0) is 9.52. The minimum atomic E-state index is -1.05. The van der Waals surface area contributed by atoms with Crippen molar-refractivity contribution in [2.24, 2.45) is 0 Å². The fraction of sp³-hybridized carbons (Fsp3) is 1.00. The van der Waals surface area contributed by atoms with E-state index < -0.39 is 8.60 Å². The highest BCUT2D eigenvalue weighted by molar-refractivity contribution is 7.41. The summed E-state index contributed by atoms with van der Waals surface area (Å²) in [5, 5.41) is 0. The number of hydrogen-bond donors (Lipinski definition) is 0. The van der Waals surface area contributed by atoms with Gasteiger partial charge in [0.2, 0.25) is 0 Å². The van der Waals surface area contributed by atoms with Gasteiger partial charge in [0.1, 0.15) is 0 Å². The summed E-state index contributed by atoms with van der Waals surface area (Å²) in [6.45, 7) is 5.65. The van der Waals surface area contributed by atoms with Gasteiger partial charge < -0.3 is 13.6 Å². The first-order valence-corrected chi connectivity index (χ1v) is 6.19. The standard InChI is InChI=1S/C9H19O3P/c1-3-7-10-13(11-8-4-2)12-9-5-6-9/h9H,3-8H2,1-2H3. The minimum absolute atomic E-state index is 0.417. The summed E-state index contributed by atoms with van der Waals surface area (Å²) < 4.78 is 16.5. The summed E-state index contributed by atoms with van der Waals surface area (Å²) in [4.78, 5) is 0. The van der Waals surface area contributed by atoms with Crippen LogP contribution >= 0.6 is 8.60 Å². The Labute approximate surface area is 81.8 Å². The van der Waals surface area contributed by atoms with E-state index in [0.29, 0.717) is 6.10 Å². The summed E-state index contributed by atoms with van der Waals surface area (Å²) in [5.41, 5.74) is 0. The molecule has 4 heteroatoms. The predicted molar refractivity (Wildman–Crippen MR) is 53.5 cm³/mol. The average Bonchev–Trinajstić information content (AvgIpc) is 2.93. The average molecular weight is 206 g/mol. The second kappa shape index (κ2) is 6.72. The molecule has 1 fully saturated rings. The van der Waals surface area contributed by atoms with Crippen LogP contribution in [-0.2, 0) is 13.6 Å². The molecular formula is C9H19O3P. The molecule has 78 valence electrons. The molecule has 1 aliphatic carbocycles. The molecule has 0 N–H and O–H groups in total. The van der Waals surface area contributed by atoms with Gasteiger partial charge in [0.05, 0.1) is 19.3 Å². The Morgan fingerprint density at radius 2 is 1.62 bits per heavy atom. The number of hydrogen-bond acceptors (Lipinski definition) is 3. The fourth-order valence-corrected chi connectivity index (χ4v) is 2.04. The van der Waals surface area contributed by atoms with Crippen molar-refractivity contribution in [1.82, 2.24) is 0 Å². The molecule has 3 nitrogen and oxygen atoms in total. The molecule has 0 aromatic rings. The van der Waals surface area contributed by atoms with Crippen molar-refractivity contribution in [3.63, 3.8) is 0 Å². The summed E-state index contributed by atoms with van der Waals surface area (Å²) in [6.07, 6.45) is 4.79. The molecule has 0 amide bonds. The predicted octanol–water partition coefficient (Wildman–Crippen LogP) is 3.25. The molecule has 0 atom stereocenters. The van der Waals surface area contributed by atoms with Crippen LogP contribution in [0.1, 0.15) is 39.5 Å². The van der Waals surface area contributed by atoms with E-state index in [-0.39, 0.29) is 0 Å². The van der Waals surface area contributed by atoms with Crippen molar-refractivity contribution in [3.8, 4) is 0 Å². The van der Waals surface area contributed by atoms with Crippen LogP contribution in [0.4, 0.5) is 0 Å². The Morgan fingerprint density at radius 1 is 1.08 bits per heavy atom. The molecule has 0 saturated heterocycles. The van der Waals surface area contributed by atoms with Crippen LogP contribution in [0, 0.1) is 0 Å². The Hall–Kier alpha value is 0.310. The van der Waals surface area contributed by atoms with E-state index in [0.717, 1.165) is 26.1 Å². The first-order chi connectivity index (χ1) is 6.36. The van der Waals surface area contributed by atoms with Crippen molar-refractivity contribution in [2.75, 3.05) is 13.2 Å². The van der Waals surface area contributed by atoms with Crippen LogP contribution in [0.3, 0.4) is 0 Å². The highest BCUT2D eigenvalue weighted by atomic mass is 31.2. The zero-order valence-electron chi connectivity index (χ0n) is 8.49. The van der Waals surface area contributed by atoms with E-state index >= 15 is 0 Å². The molecule has 1 rings (SSSR count). The lowest BCUT2D eigenvalue weighted by Gasteiger charge is -2.15. The molecule has 0 heterocycles. The van der Waals surface area contributed by atoms with Crippen molar-refractivity contribution >= 4 is 8.60 Å². The van der Waals surface area contributed by atoms with E-state index in [1.807, 2.05) is 0 Å². The second-order valence-electron chi connectivity index (χ2n) is 3.19. The maximum absolute atomic E-state index is 5.59. The third-order valence-electron chi connectivity index (χ3n) is 1.56. The third kappa shape index (κ3) is 5.58. The van der Waals surface area contributed by atoms with Crippen LogP contribution in [0.15, 0.2) is 0 Å². The first-order valence-electron chi connectivity index (χ1n) is 5.09. The summed E-state index contributed by atoms with van der Waals surface area (Å²) in [6, 6.07) is 0. The maximum Gasteiger partial charge on any atom is 0.332 e. The van der Waals surface area contributed by atoms with E-state index in [9.17, 15) is 0 Å². The van der Waals surface area contributed by atoms with Gasteiger partial charge in [0.15, 0.2) is 0 Å². The maximum atomic E-state index is 5.59. The van der Waals surface area contributed by atoms with Gasteiger partial charge in [-0.15, -0.1) is 0 Å². The van der Waals surface area contributed by atoms with E-state index in [4.69, 9.17) is 13.6 Å². The Bertz CT molecular complexity index is 120. The summed E-state index contributed by atoms with van der Waals surface area (Å²) >= 11 is 0. The normalized spacial score (nSPS) is 16.8. The van der Waals surface area contributed by atoms with Crippen molar-refractivity contribution in [2.45, 2.75) is 45.6 Å². The fourth-order valence-electron chi connectivity index (χ4n) is 0.725. The molecule has 0 aromatic carbocycles. The quantitative estimate of drug-likeness (QED) is 0.570. The van der Waals surface area contributed by atoms with Crippen molar-refractivity contribution in [1.29, 1.82) is 0 Å². The molecule has 0 bridgehead atoms. The van der Waals surface area contributed by atoms with Gasteiger partial charge in [-0.3, -0.25) is 0 Å². The van der Waals surface area contributed by atoms with Gasteiger partial charge in [-0.2, -0.15) is 0 Å². The molecule has 1 aliphatic rings. The van der Waals surface area contributed by atoms with Crippen molar-refractivity contribution < 1.29 is 13.6 Å². The molecule has 0 aliphatic heterocycles. The Morgan fingerprint density at radius 3 is 2.00 bits per heavy atom. The smallest absolute Gasteiger partial charge is 0.312 e.